The lowest BCUT2D eigenvalue weighted by Crippen LogP contribution is -2.30. The Kier molecular flexibility index (Phi) is 5.03. The normalized spacial score (nSPS) is 14.0. The van der Waals surface area contributed by atoms with Crippen LogP contribution in [0.25, 0.3) is 0 Å². The van der Waals surface area contributed by atoms with Gasteiger partial charge in [-0.1, -0.05) is 36.4 Å². The second-order valence-corrected chi connectivity index (χ2v) is 6.72. The van der Waals surface area contributed by atoms with Gasteiger partial charge in [-0.2, -0.15) is 0 Å². The molecule has 1 aromatic heterocycles. The number of ether oxygens (including phenoxy) is 1. The molecule has 0 saturated heterocycles. The first-order valence-corrected chi connectivity index (χ1v) is 8.95. The maximum Gasteiger partial charge on any atom is 0.227 e. The molecule has 27 heavy (non-hydrogen) atoms. The fraction of sp³-hybridized carbons (Fsp3) is 0.227. The molecular formula is C22H20FNO3. The molecule has 0 N–H and O–H groups in total. The lowest BCUT2D eigenvalue weighted by molar-refractivity contribution is 0.220. The van der Waals surface area contributed by atoms with Crippen molar-refractivity contribution in [2.75, 3.05) is 6.54 Å². The third-order valence-corrected chi connectivity index (χ3v) is 4.75. The van der Waals surface area contributed by atoms with Crippen LogP contribution in [0.4, 0.5) is 4.39 Å². The van der Waals surface area contributed by atoms with Crippen LogP contribution in [-0.4, -0.2) is 11.4 Å². The molecule has 0 saturated carbocycles. The highest BCUT2D eigenvalue weighted by molar-refractivity contribution is 5.29. The van der Waals surface area contributed by atoms with Crippen LogP contribution in [0.2, 0.25) is 0 Å². The summed E-state index contributed by atoms with van der Waals surface area (Å²) in [6.45, 7) is 2.56. The summed E-state index contributed by atoms with van der Waals surface area (Å²) in [6, 6.07) is 15.9. The van der Waals surface area contributed by atoms with Crippen molar-refractivity contribution in [2.24, 2.45) is 0 Å². The van der Waals surface area contributed by atoms with Crippen molar-refractivity contribution in [1.82, 2.24) is 4.90 Å². The molecule has 5 heteroatoms. The molecule has 0 aliphatic carbocycles. The maximum absolute atomic E-state index is 12.9. The summed E-state index contributed by atoms with van der Waals surface area (Å²) >= 11 is 0. The van der Waals surface area contributed by atoms with Crippen molar-refractivity contribution in [3.8, 4) is 5.75 Å². The Morgan fingerprint density at radius 2 is 1.85 bits per heavy atom. The third kappa shape index (κ3) is 4.26. The molecule has 1 aliphatic heterocycles. The van der Waals surface area contributed by atoms with Crippen molar-refractivity contribution < 1.29 is 13.5 Å². The Morgan fingerprint density at radius 1 is 1.07 bits per heavy atom. The van der Waals surface area contributed by atoms with Crippen LogP contribution in [0.3, 0.4) is 0 Å². The Bertz CT molecular complexity index is 981. The van der Waals surface area contributed by atoms with Gasteiger partial charge in [0.25, 0.3) is 0 Å². The van der Waals surface area contributed by atoms with E-state index in [2.05, 4.69) is 29.2 Å². The molecule has 4 nitrogen and oxygen atoms in total. The van der Waals surface area contributed by atoms with Crippen LogP contribution in [0, 0.1) is 5.82 Å². The van der Waals surface area contributed by atoms with Crippen LogP contribution in [0.15, 0.2) is 70.1 Å². The van der Waals surface area contributed by atoms with Gasteiger partial charge >= 0.3 is 0 Å². The van der Waals surface area contributed by atoms with Gasteiger partial charge in [-0.15, -0.1) is 0 Å². The maximum atomic E-state index is 12.9. The van der Waals surface area contributed by atoms with Crippen LogP contribution < -0.4 is 10.2 Å². The highest BCUT2D eigenvalue weighted by Gasteiger charge is 2.17. The topological polar surface area (TPSA) is 42.7 Å². The monoisotopic (exact) mass is 365 g/mol. The zero-order valence-corrected chi connectivity index (χ0v) is 14.9. The van der Waals surface area contributed by atoms with E-state index in [1.807, 2.05) is 0 Å². The summed E-state index contributed by atoms with van der Waals surface area (Å²) in [6.07, 6.45) is 2.36. The summed E-state index contributed by atoms with van der Waals surface area (Å²) in [7, 11) is 0. The van der Waals surface area contributed by atoms with Crippen LogP contribution in [0.1, 0.15) is 22.5 Å². The highest BCUT2D eigenvalue weighted by Crippen LogP contribution is 2.20. The Labute approximate surface area is 156 Å². The van der Waals surface area contributed by atoms with Gasteiger partial charge in [0, 0.05) is 19.2 Å². The van der Waals surface area contributed by atoms with Crippen molar-refractivity contribution in [3.05, 3.63) is 99.4 Å². The SMILES string of the molecule is O=c1cc(CN2CCc3ccccc3C2)occ1OCc1ccc(F)cc1. The second-order valence-electron chi connectivity index (χ2n) is 6.72. The zero-order chi connectivity index (χ0) is 18.6. The number of halogens is 1. The van der Waals surface area contributed by atoms with E-state index in [1.165, 1.54) is 35.6 Å². The number of rotatable bonds is 5. The average molecular weight is 365 g/mol. The summed E-state index contributed by atoms with van der Waals surface area (Å²) in [4.78, 5) is 14.6. The number of fused-ring (bicyclic) bond motifs is 1. The van der Waals surface area contributed by atoms with Gasteiger partial charge in [-0.05, 0) is 35.2 Å². The molecule has 0 radical (unpaired) electrons. The Morgan fingerprint density at radius 3 is 2.63 bits per heavy atom. The highest BCUT2D eigenvalue weighted by atomic mass is 19.1. The second kappa shape index (κ2) is 7.76. The molecule has 4 rings (SSSR count). The molecule has 0 atom stereocenters. The van der Waals surface area contributed by atoms with Crippen LogP contribution >= 0.6 is 0 Å². The van der Waals surface area contributed by atoms with Crippen molar-refractivity contribution in [2.45, 2.75) is 26.1 Å². The first kappa shape index (κ1) is 17.5. The first-order chi connectivity index (χ1) is 13.2. The summed E-state index contributed by atoms with van der Waals surface area (Å²) < 4.78 is 24.0. The van der Waals surface area contributed by atoms with Gasteiger partial charge in [0.15, 0.2) is 0 Å². The van der Waals surface area contributed by atoms with E-state index in [1.54, 1.807) is 12.1 Å². The molecule has 3 aromatic rings. The summed E-state index contributed by atoms with van der Waals surface area (Å²) in [5, 5.41) is 0. The minimum absolute atomic E-state index is 0.159. The van der Waals surface area contributed by atoms with Crippen LogP contribution in [0.5, 0.6) is 5.75 Å². The van der Waals surface area contributed by atoms with Crippen molar-refractivity contribution in [3.63, 3.8) is 0 Å². The van der Waals surface area contributed by atoms with E-state index >= 15 is 0 Å². The molecule has 0 spiro atoms. The van der Waals surface area contributed by atoms with E-state index in [4.69, 9.17) is 9.15 Å². The third-order valence-electron chi connectivity index (χ3n) is 4.75. The minimum atomic E-state index is -0.303. The lowest BCUT2D eigenvalue weighted by atomic mass is 10.00. The zero-order valence-electron chi connectivity index (χ0n) is 14.9. The molecule has 0 bridgehead atoms. The summed E-state index contributed by atoms with van der Waals surface area (Å²) in [5.41, 5.74) is 3.28. The van der Waals surface area contributed by atoms with E-state index < -0.39 is 0 Å². The standard InChI is InChI=1S/C22H20FNO3/c23-19-7-5-16(6-8-19)14-27-22-15-26-20(11-21(22)25)13-24-10-9-17-3-1-2-4-18(17)12-24/h1-8,11,15H,9-10,12-14H2. The first-order valence-electron chi connectivity index (χ1n) is 8.95. The van der Waals surface area contributed by atoms with Gasteiger partial charge in [0.05, 0.1) is 6.54 Å². The number of benzene rings is 2. The molecule has 2 aromatic carbocycles. The molecule has 2 heterocycles. The lowest BCUT2D eigenvalue weighted by Gasteiger charge is -2.28. The number of hydrogen-bond acceptors (Lipinski definition) is 4. The molecular weight excluding hydrogens is 345 g/mol. The largest absolute Gasteiger partial charge is 0.482 e. The van der Waals surface area contributed by atoms with Crippen molar-refractivity contribution >= 4 is 0 Å². The van der Waals surface area contributed by atoms with E-state index in [0.29, 0.717) is 12.3 Å². The average Bonchev–Trinajstić information content (AvgIpc) is 2.68. The number of nitrogens with zero attached hydrogens (tertiary/aromatic N) is 1. The molecule has 0 fully saturated rings. The van der Waals surface area contributed by atoms with Gasteiger partial charge in [-0.3, -0.25) is 9.69 Å². The molecule has 0 amide bonds. The quantitative estimate of drug-likeness (QED) is 0.687. The molecule has 1 aliphatic rings. The fourth-order valence-electron chi connectivity index (χ4n) is 3.28. The van der Waals surface area contributed by atoms with Gasteiger partial charge in [0.2, 0.25) is 11.2 Å². The molecule has 0 unspecified atom stereocenters. The Hall–Kier alpha value is -2.92. The van der Waals surface area contributed by atoms with E-state index in [-0.39, 0.29) is 23.6 Å². The van der Waals surface area contributed by atoms with Gasteiger partial charge < -0.3 is 9.15 Å². The number of hydrogen-bond donors (Lipinski definition) is 0. The Balaban J connectivity index is 1.38. The molecule has 138 valence electrons. The summed E-state index contributed by atoms with van der Waals surface area (Å²) in [5.74, 6) is 0.475. The fourth-order valence-corrected chi connectivity index (χ4v) is 3.28. The predicted molar refractivity (Wildman–Crippen MR) is 100.0 cm³/mol. The van der Waals surface area contributed by atoms with Crippen LogP contribution in [-0.2, 0) is 26.1 Å². The van der Waals surface area contributed by atoms with Crippen molar-refractivity contribution in [1.29, 1.82) is 0 Å². The van der Waals surface area contributed by atoms with Gasteiger partial charge in [0.1, 0.15) is 24.4 Å². The predicted octanol–water partition coefficient (Wildman–Crippen LogP) is 3.92. The van der Waals surface area contributed by atoms with E-state index in [0.717, 1.165) is 25.1 Å². The van der Waals surface area contributed by atoms with Gasteiger partial charge in [-0.25, -0.2) is 4.39 Å². The van der Waals surface area contributed by atoms with E-state index in [9.17, 15) is 9.18 Å². The minimum Gasteiger partial charge on any atom is -0.482 e. The smallest absolute Gasteiger partial charge is 0.227 e.